The molecule has 0 heterocycles. The van der Waals surface area contributed by atoms with Crippen molar-refractivity contribution in [2.24, 2.45) is 0 Å². The van der Waals surface area contributed by atoms with Gasteiger partial charge in [0.15, 0.2) is 6.61 Å². The van der Waals surface area contributed by atoms with E-state index in [1.54, 1.807) is 0 Å². The number of carbonyl (C=O) groups is 2. The summed E-state index contributed by atoms with van der Waals surface area (Å²) in [5, 5.41) is 2.82. The van der Waals surface area contributed by atoms with Crippen LogP contribution in [0, 0.1) is 13.8 Å². The van der Waals surface area contributed by atoms with E-state index < -0.39 is 11.9 Å². The van der Waals surface area contributed by atoms with Gasteiger partial charge >= 0.3 is 5.97 Å². The molecule has 0 unspecified atom stereocenters. The number of halogens is 1. The third kappa shape index (κ3) is 5.33. The second-order valence-electron chi connectivity index (χ2n) is 6.83. The maximum Gasteiger partial charge on any atom is 0.318 e. The van der Waals surface area contributed by atoms with Crippen LogP contribution in [-0.4, -0.2) is 18.5 Å². The summed E-state index contributed by atoms with van der Waals surface area (Å²) in [6.45, 7) is 3.51. The molecule has 0 spiro atoms. The van der Waals surface area contributed by atoms with Crippen LogP contribution < -0.4 is 5.32 Å². The Hall–Kier alpha value is -2.92. The van der Waals surface area contributed by atoms with Crippen molar-refractivity contribution in [2.75, 3.05) is 11.9 Å². The van der Waals surface area contributed by atoms with Gasteiger partial charge in [-0.25, -0.2) is 0 Å². The topological polar surface area (TPSA) is 55.4 Å². The van der Waals surface area contributed by atoms with Crippen molar-refractivity contribution in [1.29, 1.82) is 0 Å². The maximum atomic E-state index is 12.9. The van der Waals surface area contributed by atoms with Crippen LogP contribution in [0.4, 0.5) is 5.69 Å². The van der Waals surface area contributed by atoms with Gasteiger partial charge in [-0.1, -0.05) is 76.6 Å². The molecule has 1 N–H and O–H groups in total. The van der Waals surface area contributed by atoms with Crippen molar-refractivity contribution < 1.29 is 14.3 Å². The van der Waals surface area contributed by atoms with E-state index in [2.05, 4.69) is 21.2 Å². The minimum absolute atomic E-state index is 0.344. The average molecular weight is 452 g/mol. The summed E-state index contributed by atoms with van der Waals surface area (Å²) in [5.41, 5.74) is 4.28. The van der Waals surface area contributed by atoms with Crippen LogP contribution in [0.25, 0.3) is 0 Å². The zero-order valence-corrected chi connectivity index (χ0v) is 17.9. The SMILES string of the molecule is Cc1cc(NC(=O)COC(=O)C(c2ccccc2)c2ccccc2)c(C)cc1Br. The first-order chi connectivity index (χ1) is 14.0. The molecule has 0 saturated carbocycles. The quantitative estimate of drug-likeness (QED) is 0.511. The largest absolute Gasteiger partial charge is 0.455 e. The van der Waals surface area contributed by atoms with Gasteiger partial charge in [0.2, 0.25) is 0 Å². The average Bonchev–Trinajstić information content (AvgIpc) is 2.72. The minimum atomic E-state index is -0.582. The Morgan fingerprint density at radius 1 is 0.897 bits per heavy atom. The molecule has 0 radical (unpaired) electrons. The smallest absolute Gasteiger partial charge is 0.318 e. The van der Waals surface area contributed by atoms with Gasteiger partial charge in [-0.2, -0.15) is 0 Å². The number of ether oxygens (including phenoxy) is 1. The second kappa shape index (κ2) is 9.52. The molecule has 0 aromatic heterocycles. The Morgan fingerprint density at radius 2 is 1.45 bits per heavy atom. The van der Waals surface area contributed by atoms with Crippen molar-refractivity contribution in [3.05, 3.63) is 99.5 Å². The number of hydrogen-bond donors (Lipinski definition) is 1. The number of benzene rings is 3. The summed E-state index contributed by atoms with van der Waals surface area (Å²) < 4.78 is 6.36. The fraction of sp³-hybridized carbons (Fsp3) is 0.167. The number of amides is 1. The Bertz CT molecular complexity index is 964. The van der Waals surface area contributed by atoms with E-state index >= 15 is 0 Å². The highest BCUT2D eigenvalue weighted by molar-refractivity contribution is 9.10. The summed E-state index contributed by atoms with van der Waals surface area (Å²) in [6.07, 6.45) is 0. The molecule has 3 rings (SSSR count). The van der Waals surface area contributed by atoms with Gasteiger partial charge in [0.25, 0.3) is 5.91 Å². The lowest BCUT2D eigenvalue weighted by molar-refractivity contribution is -0.147. The van der Waals surface area contributed by atoms with E-state index in [0.29, 0.717) is 5.69 Å². The molecule has 0 aliphatic carbocycles. The molecular formula is C24H22BrNO3. The zero-order valence-electron chi connectivity index (χ0n) is 16.3. The molecule has 3 aromatic rings. The number of esters is 1. The van der Waals surface area contributed by atoms with Crippen molar-refractivity contribution in [1.82, 2.24) is 0 Å². The summed E-state index contributed by atoms with van der Waals surface area (Å²) in [6, 6.07) is 22.7. The van der Waals surface area contributed by atoms with Gasteiger partial charge in [-0.05, 0) is 48.2 Å². The van der Waals surface area contributed by atoms with Gasteiger partial charge < -0.3 is 10.1 Å². The van der Waals surface area contributed by atoms with E-state index in [1.165, 1.54) is 0 Å². The van der Waals surface area contributed by atoms with E-state index in [0.717, 1.165) is 26.7 Å². The Balaban J connectivity index is 1.70. The first kappa shape index (κ1) is 20.8. The Labute approximate surface area is 179 Å². The Kier molecular flexibility index (Phi) is 6.83. The third-order valence-corrected chi connectivity index (χ3v) is 5.48. The van der Waals surface area contributed by atoms with Crippen LogP contribution in [0.1, 0.15) is 28.2 Å². The molecule has 5 heteroatoms. The molecule has 0 atom stereocenters. The zero-order chi connectivity index (χ0) is 20.8. The van der Waals surface area contributed by atoms with Crippen molar-refractivity contribution in [3.8, 4) is 0 Å². The molecule has 1 amide bonds. The van der Waals surface area contributed by atoms with Crippen LogP contribution in [0.5, 0.6) is 0 Å². The molecule has 0 aliphatic rings. The molecule has 29 heavy (non-hydrogen) atoms. The van der Waals surface area contributed by atoms with Crippen LogP contribution in [0.15, 0.2) is 77.3 Å². The third-order valence-electron chi connectivity index (χ3n) is 4.63. The van der Waals surface area contributed by atoms with Gasteiger partial charge in [-0.3, -0.25) is 9.59 Å². The predicted octanol–water partition coefficient (Wildman–Crippen LogP) is 5.38. The maximum absolute atomic E-state index is 12.9. The summed E-state index contributed by atoms with van der Waals surface area (Å²) >= 11 is 3.47. The molecule has 4 nitrogen and oxygen atoms in total. The fourth-order valence-corrected chi connectivity index (χ4v) is 3.54. The molecule has 0 fully saturated rings. The number of rotatable bonds is 6. The van der Waals surface area contributed by atoms with Crippen LogP contribution in [0.3, 0.4) is 0 Å². The summed E-state index contributed by atoms with van der Waals surface area (Å²) in [4.78, 5) is 25.2. The van der Waals surface area contributed by atoms with Gasteiger partial charge in [0.05, 0.1) is 0 Å². The predicted molar refractivity (Wildman–Crippen MR) is 118 cm³/mol. The normalized spacial score (nSPS) is 10.6. The van der Waals surface area contributed by atoms with Crippen LogP contribution in [-0.2, 0) is 14.3 Å². The molecule has 0 aliphatic heterocycles. The first-order valence-corrected chi connectivity index (χ1v) is 10.1. The minimum Gasteiger partial charge on any atom is -0.455 e. The number of aryl methyl sites for hydroxylation is 2. The monoisotopic (exact) mass is 451 g/mol. The number of anilines is 1. The van der Waals surface area contributed by atoms with Crippen molar-refractivity contribution in [2.45, 2.75) is 19.8 Å². The van der Waals surface area contributed by atoms with E-state index in [4.69, 9.17) is 4.74 Å². The van der Waals surface area contributed by atoms with Gasteiger partial charge in [-0.15, -0.1) is 0 Å². The van der Waals surface area contributed by atoms with E-state index in [-0.39, 0.29) is 12.5 Å². The fourth-order valence-electron chi connectivity index (χ4n) is 3.08. The Morgan fingerprint density at radius 3 is 2.00 bits per heavy atom. The van der Waals surface area contributed by atoms with E-state index in [1.807, 2.05) is 86.6 Å². The molecule has 3 aromatic carbocycles. The lowest BCUT2D eigenvalue weighted by atomic mass is 9.91. The lowest BCUT2D eigenvalue weighted by Crippen LogP contribution is -2.24. The number of hydrogen-bond acceptors (Lipinski definition) is 3. The summed E-state index contributed by atoms with van der Waals surface area (Å²) in [5.74, 6) is -1.41. The number of carbonyl (C=O) groups excluding carboxylic acids is 2. The van der Waals surface area contributed by atoms with Gasteiger partial charge in [0, 0.05) is 10.2 Å². The first-order valence-electron chi connectivity index (χ1n) is 9.29. The highest BCUT2D eigenvalue weighted by atomic mass is 79.9. The molecule has 0 saturated heterocycles. The highest BCUT2D eigenvalue weighted by Gasteiger charge is 2.24. The lowest BCUT2D eigenvalue weighted by Gasteiger charge is -2.17. The molecule has 148 valence electrons. The van der Waals surface area contributed by atoms with Gasteiger partial charge in [0.1, 0.15) is 5.92 Å². The van der Waals surface area contributed by atoms with Crippen LogP contribution in [0.2, 0.25) is 0 Å². The second-order valence-corrected chi connectivity index (χ2v) is 7.68. The number of nitrogens with one attached hydrogen (secondary N) is 1. The van der Waals surface area contributed by atoms with E-state index in [9.17, 15) is 9.59 Å². The van der Waals surface area contributed by atoms with Crippen molar-refractivity contribution in [3.63, 3.8) is 0 Å². The summed E-state index contributed by atoms with van der Waals surface area (Å²) in [7, 11) is 0. The van der Waals surface area contributed by atoms with Crippen molar-refractivity contribution >= 4 is 33.5 Å². The molecule has 0 bridgehead atoms. The molecular weight excluding hydrogens is 430 g/mol. The van der Waals surface area contributed by atoms with Crippen LogP contribution >= 0.6 is 15.9 Å². The highest BCUT2D eigenvalue weighted by Crippen LogP contribution is 2.26. The standard InChI is InChI=1S/C24H22BrNO3/c1-16-14-21(17(2)13-20(16)25)26-22(27)15-29-24(28)23(18-9-5-3-6-10-18)19-11-7-4-8-12-19/h3-14,23H,15H2,1-2H3,(H,26,27).